The lowest BCUT2D eigenvalue weighted by atomic mass is 10.0. The zero-order valence-corrected chi connectivity index (χ0v) is 12.6. The number of rotatable bonds is 5. The molecule has 0 fully saturated rings. The van der Waals surface area contributed by atoms with Crippen LogP contribution in [-0.2, 0) is 0 Å². The number of benzene rings is 1. The van der Waals surface area contributed by atoms with Crippen LogP contribution in [0.1, 0.15) is 30.5 Å². The first-order valence-corrected chi connectivity index (χ1v) is 7.28. The van der Waals surface area contributed by atoms with Crippen molar-refractivity contribution in [3.8, 4) is 0 Å². The minimum Gasteiger partial charge on any atom is -0.306 e. The Morgan fingerprint density at radius 1 is 1.17 bits per heavy atom. The zero-order chi connectivity index (χ0) is 12.8. The summed E-state index contributed by atoms with van der Waals surface area (Å²) < 4.78 is 1.26. The molecule has 1 heterocycles. The molecule has 0 aliphatic heterocycles. The van der Waals surface area contributed by atoms with Crippen LogP contribution in [0.3, 0.4) is 0 Å². The molecule has 0 bridgehead atoms. The van der Waals surface area contributed by atoms with Gasteiger partial charge in [-0.2, -0.15) is 0 Å². The third kappa shape index (κ3) is 3.53. The number of aromatic nitrogens is 1. The lowest BCUT2D eigenvalue weighted by molar-refractivity contribution is 0.597. The van der Waals surface area contributed by atoms with Crippen molar-refractivity contribution in [3.63, 3.8) is 0 Å². The average molecular weight is 352 g/mol. The van der Waals surface area contributed by atoms with E-state index < -0.39 is 0 Å². The van der Waals surface area contributed by atoms with E-state index in [9.17, 15) is 0 Å². The summed E-state index contributed by atoms with van der Waals surface area (Å²) in [5.41, 5.74) is 2.50. The summed E-state index contributed by atoms with van der Waals surface area (Å²) in [6.45, 7) is 3.19. The summed E-state index contributed by atoms with van der Waals surface area (Å²) in [4.78, 5) is 4.22. The molecular formula is C15H17IN2. The first kappa shape index (κ1) is 13.5. The van der Waals surface area contributed by atoms with Crippen molar-refractivity contribution in [3.05, 3.63) is 63.5 Å². The van der Waals surface area contributed by atoms with E-state index in [2.05, 4.69) is 70.1 Å². The summed E-state index contributed by atoms with van der Waals surface area (Å²) in [6.07, 6.45) is 4.88. The molecule has 0 radical (unpaired) electrons. The van der Waals surface area contributed by atoms with Crippen LogP contribution in [0.4, 0.5) is 0 Å². The predicted molar refractivity (Wildman–Crippen MR) is 83.5 cm³/mol. The molecule has 0 amide bonds. The zero-order valence-electron chi connectivity index (χ0n) is 10.4. The molecule has 2 aromatic rings. The van der Waals surface area contributed by atoms with E-state index in [0.717, 1.165) is 13.0 Å². The van der Waals surface area contributed by atoms with Gasteiger partial charge in [-0.1, -0.05) is 25.1 Å². The Balaban J connectivity index is 2.27. The largest absolute Gasteiger partial charge is 0.306 e. The molecule has 2 nitrogen and oxygen atoms in total. The highest BCUT2D eigenvalue weighted by Gasteiger charge is 2.12. The van der Waals surface area contributed by atoms with Gasteiger partial charge in [0.15, 0.2) is 0 Å². The topological polar surface area (TPSA) is 24.9 Å². The predicted octanol–water partition coefficient (Wildman–Crippen LogP) is 3.78. The Labute approximate surface area is 122 Å². The van der Waals surface area contributed by atoms with E-state index in [4.69, 9.17) is 0 Å². The number of nitrogens with zero attached hydrogens (tertiary/aromatic N) is 1. The van der Waals surface area contributed by atoms with Crippen molar-refractivity contribution in [2.45, 2.75) is 19.4 Å². The van der Waals surface area contributed by atoms with Gasteiger partial charge in [0.2, 0.25) is 0 Å². The third-order valence-electron chi connectivity index (χ3n) is 2.82. The quantitative estimate of drug-likeness (QED) is 0.829. The van der Waals surface area contributed by atoms with Crippen LogP contribution in [0, 0.1) is 3.57 Å². The molecule has 0 saturated carbocycles. The monoisotopic (exact) mass is 352 g/mol. The Bertz CT molecular complexity index is 468. The van der Waals surface area contributed by atoms with E-state index in [-0.39, 0.29) is 6.04 Å². The second kappa shape index (κ2) is 6.85. The second-order valence-corrected chi connectivity index (χ2v) is 5.47. The number of hydrogen-bond donors (Lipinski definition) is 1. The fourth-order valence-corrected chi connectivity index (χ4v) is 2.28. The summed E-state index contributed by atoms with van der Waals surface area (Å²) >= 11 is 2.33. The van der Waals surface area contributed by atoms with Crippen molar-refractivity contribution in [2.24, 2.45) is 0 Å². The molecular weight excluding hydrogens is 335 g/mol. The summed E-state index contributed by atoms with van der Waals surface area (Å²) in [5, 5.41) is 3.58. The highest BCUT2D eigenvalue weighted by atomic mass is 127. The van der Waals surface area contributed by atoms with Crippen molar-refractivity contribution in [2.75, 3.05) is 6.54 Å². The molecule has 18 heavy (non-hydrogen) atoms. The van der Waals surface area contributed by atoms with Crippen molar-refractivity contribution in [1.29, 1.82) is 0 Å². The summed E-state index contributed by atoms with van der Waals surface area (Å²) in [5.74, 6) is 0. The first-order chi connectivity index (χ1) is 8.81. The molecule has 1 aromatic carbocycles. The standard InChI is InChI=1S/C15H17IN2/c1-2-9-18-15(13-4-3-10-17-11-13)12-5-7-14(16)8-6-12/h3-8,10-11,15,18H,2,9H2,1H3. The Kier molecular flexibility index (Phi) is 5.13. The van der Waals surface area contributed by atoms with E-state index in [1.54, 1.807) is 0 Å². The lowest BCUT2D eigenvalue weighted by Gasteiger charge is -2.19. The van der Waals surface area contributed by atoms with Gasteiger partial charge >= 0.3 is 0 Å². The highest BCUT2D eigenvalue weighted by Crippen LogP contribution is 2.22. The van der Waals surface area contributed by atoms with Crippen molar-refractivity contribution in [1.82, 2.24) is 10.3 Å². The smallest absolute Gasteiger partial charge is 0.0591 e. The van der Waals surface area contributed by atoms with Crippen LogP contribution in [0.15, 0.2) is 48.8 Å². The van der Waals surface area contributed by atoms with Crippen LogP contribution < -0.4 is 5.32 Å². The third-order valence-corrected chi connectivity index (χ3v) is 3.54. The van der Waals surface area contributed by atoms with Gasteiger partial charge in [-0.3, -0.25) is 4.98 Å². The minimum absolute atomic E-state index is 0.232. The van der Waals surface area contributed by atoms with Crippen LogP contribution >= 0.6 is 22.6 Å². The average Bonchev–Trinajstić information content (AvgIpc) is 2.42. The molecule has 1 atom stereocenters. The molecule has 1 N–H and O–H groups in total. The minimum atomic E-state index is 0.232. The maximum absolute atomic E-state index is 4.22. The van der Waals surface area contributed by atoms with Gasteiger partial charge in [0, 0.05) is 16.0 Å². The molecule has 2 rings (SSSR count). The second-order valence-electron chi connectivity index (χ2n) is 4.23. The maximum atomic E-state index is 4.22. The Hall–Kier alpha value is -0.940. The number of pyridine rings is 1. The van der Waals surface area contributed by atoms with Gasteiger partial charge in [-0.25, -0.2) is 0 Å². The number of halogens is 1. The SMILES string of the molecule is CCCNC(c1ccc(I)cc1)c1cccnc1. The van der Waals surface area contributed by atoms with Crippen LogP contribution in [-0.4, -0.2) is 11.5 Å². The van der Waals surface area contributed by atoms with Gasteiger partial charge in [-0.05, 0) is 64.9 Å². The molecule has 0 spiro atoms. The van der Waals surface area contributed by atoms with E-state index in [1.807, 2.05) is 18.5 Å². The molecule has 1 aromatic heterocycles. The molecule has 1 unspecified atom stereocenters. The molecule has 0 saturated heterocycles. The van der Waals surface area contributed by atoms with Crippen LogP contribution in [0.25, 0.3) is 0 Å². The molecule has 0 aliphatic rings. The summed E-state index contributed by atoms with van der Waals surface area (Å²) in [6, 6.07) is 13.0. The highest BCUT2D eigenvalue weighted by molar-refractivity contribution is 14.1. The first-order valence-electron chi connectivity index (χ1n) is 6.20. The molecule has 3 heteroatoms. The van der Waals surface area contributed by atoms with Crippen LogP contribution in [0.5, 0.6) is 0 Å². The molecule has 94 valence electrons. The van der Waals surface area contributed by atoms with E-state index >= 15 is 0 Å². The fourth-order valence-electron chi connectivity index (χ4n) is 1.92. The Morgan fingerprint density at radius 3 is 2.56 bits per heavy atom. The maximum Gasteiger partial charge on any atom is 0.0591 e. The van der Waals surface area contributed by atoms with Gasteiger partial charge in [0.05, 0.1) is 6.04 Å². The normalized spacial score (nSPS) is 12.3. The van der Waals surface area contributed by atoms with Crippen molar-refractivity contribution >= 4 is 22.6 Å². The van der Waals surface area contributed by atoms with Gasteiger partial charge in [0.25, 0.3) is 0 Å². The lowest BCUT2D eigenvalue weighted by Crippen LogP contribution is -2.23. The number of hydrogen-bond acceptors (Lipinski definition) is 2. The Morgan fingerprint density at radius 2 is 1.94 bits per heavy atom. The number of nitrogens with one attached hydrogen (secondary N) is 1. The molecule has 0 aliphatic carbocycles. The summed E-state index contributed by atoms with van der Waals surface area (Å²) in [7, 11) is 0. The fraction of sp³-hybridized carbons (Fsp3) is 0.267. The van der Waals surface area contributed by atoms with Gasteiger partial charge in [0.1, 0.15) is 0 Å². The van der Waals surface area contributed by atoms with Gasteiger partial charge < -0.3 is 5.32 Å². The van der Waals surface area contributed by atoms with Crippen molar-refractivity contribution < 1.29 is 0 Å². The van der Waals surface area contributed by atoms with E-state index in [1.165, 1.54) is 14.7 Å². The van der Waals surface area contributed by atoms with Crippen LogP contribution in [0.2, 0.25) is 0 Å². The van der Waals surface area contributed by atoms with E-state index in [0.29, 0.717) is 0 Å². The van der Waals surface area contributed by atoms with Gasteiger partial charge in [-0.15, -0.1) is 0 Å².